The highest BCUT2D eigenvalue weighted by Gasteiger charge is 2.36. The van der Waals surface area contributed by atoms with Crippen LogP contribution < -0.4 is 5.56 Å². The van der Waals surface area contributed by atoms with Gasteiger partial charge in [0.2, 0.25) is 0 Å². The highest BCUT2D eigenvalue weighted by atomic mass is 19.4. The summed E-state index contributed by atoms with van der Waals surface area (Å²) in [7, 11) is 0. The van der Waals surface area contributed by atoms with Gasteiger partial charge in [-0.15, -0.1) is 0 Å². The third-order valence-electron chi connectivity index (χ3n) is 4.98. The van der Waals surface area contributed by atoms with Gasteiger partial charge in [0.05, 0.1) is 24.4 Å². The lowest BCUT2D eigenvalue weighted by molar-refractivity contribution is -0.137. The van der Waals surface area contributed by atoms with Crippen LogP contribution in [-0.4, -0.2) is 11.2 Å². The first-order valence-electron chi connectivity index (χ1n) is 10.2. The molecule has 166 valence electrons. The number of hydrogen-bond donors (Lipinski definition) is 0. The molecule has 7 heteroatoms. The van der Waals surface area contributed by atoms with Gasteiger partial charge in [0.15, 0.2) is 0 Å². The van der Waals surface area contributed by atoms with Crippen molar-refractivity contribution in [2.45, 2.75) is 39.6 Å². The standard InChI is InChI=1S/C25H23F3N2O2/c1-3-10-32-16-19-8-5-7-18(12-19)15-30-23(20-9-4-6-17(2)11-20)13-22(25(26,27)28)21(14-29)24(30)31/h4-9,11-13H,3,10,15-16H2,1-2H3. The Hall–Kier alpha value is -3.37. The van der Waals surface area contributed by atoms with Gasteiger partial charge in [0.25, 0.3) is 5.56 Å². The minimum atomic E-state index is -4.82. The minimum absolute atomic E-state index is 0.0243. The first-order chi connectivity index (χ1) is 15.2. The number of nitriles is 1. The van der Waals surface area contributed by atoms with Gasteiger partial charge in [0, 0.05) is 6.61 Å². The first-order valence-corrected chi connectivity index (χ1v) is 10.2. The van der Waals surface area contributed by atoms with Gasteiger partial charge in [-0.25, -0.2) is 0 Å². The van der Waals surface area contributed by atoms with E-state index < -0.39 is 22.9 Å². The van der Waals surface area contributed by atoms with Crippen LogP contribution in [0, 0.1) is 18.3 Å². The molecule has 0 aliphatic heterocycles. The number of alkyl halides is 3. The third-order valence-corrected chi connectivity index (χ3v) is 4.98. The van der Waals surface area contributed by atoms with Crippen LogP contribution in [0.3, 0.4) is 0 Å². The lowest BCUT2D eigenvalue weighted by atomic mass is 10.0. The van der Waals surface area contributed by atoms with Crippen LogP contribution in [-0.2, 0) is 24.1 Å². The van der Waals surface area contributed by atoms with Crippen molar-refractivity contribution < 1.29 is 17.9 Å². The Morgan fingerprint density at radius 3 is 2.44 bits per heavy atom. The van der Waals surface area contributed by atoms with Gasteiger partial charge in [-0.05, 0) is 42.2 Å². The summed E-state index contributed by atoms with van der Waals surface area (Å²) in [6.07, 6.45) is -3.93. The summed E-state index contributed by atoms with van der Waals surface area (Å²) in [4.78, 5) is 13.1. The Morgan fingerprint density at radius 2 is 1.78 bits per heavy atom. The van der Waals surface area contributed by atoms with Crippen molar-refractivity contribution in [2.24, 2.45) is 0 Å². The zero-order valence-corrected chi connectivity index (χ0v) is 17.9. The summed E-state index contributed by atoms with van der Waals surface area (Å²) in [6.45, 7) is 4.87. The van der Waals surface area contributed by atoms with Crippen molar-refractivity contribution in [2.75, 3.05) is 6.61 Å². The number of nitrogens with zero attached hydrogens (tertiary/aromatic N) is 2. The molecule has 0 unspecified atom stereocenters. The number of halogens is 3. The van der Waals surface area contributed by atoms with Crippen LogP contribution in [0.15, 0.2) is 59.4 Å². The topological polar surface area (TPSA) is 55.0 Å². The molecule has 0 aliphatic rings. The number of rotatable bonds is 7. The van der Waals surface area contributed by atoms with Gasteiger partial charge in [0.1, 0.15) is 11.6 Å². The van der Waals surface area contributed by atoms with E-state index in [1.807, 2.05) is 38.1 Å². The Labute approximate surface area is 184 Å². The fraction of sp³-hybridized carbons (Fsp3) is 0.280. The molecular formula is C25H23F3N2O2. The quantitative estimate of drug-likeness (QED) is 0.444. The predicted molar refractivity (Wildman–Crippen MR) is 116 cm³/mol. The van der Waals surface area contributed by atoms with E-state index in [0.29, 0.717) is 18.8 Å². The molecule has 0 amide bonds. The van der Waals surface area contributed by atoms with Crippen LogP contribution in [0.2, 0.25) is 0 Å². The van der Waals surface area contributed by atoms with E-state index in [4.69, 9.17) is 4.74 Å². The number of aromatic nitrogens is 1. The lowest BCUT2D eigenvalue weighted by Crippen LogP contribution is -2.28. The van der Waals surface area contributed by atoms with E-state index in [-0.39, 0.29) is 12.2 Å². The average Bonchev–Trinajstić information content (AvgIpc) is 2.74. The maximum absolute atomic E-state index is 13.6. The van der Waals surface area contributed by atoms with Crippen LogP contribution >= 0.6 is 0 Å². The molecule has 2 aromatic carbocycles. The summed E-state index contributed by atoms with van der Waals surface area (Å²) in [6, 6.07) is 16.6. The number of ether oxygens (including phenoxy) is 1. The van der Waals surface area contributed by atoms with Gasteiger partial charge in [-0.1, -0.05) is 55.0 Å². The molecule has 0 spiro atoms. The van der Waals surface area contributed by atoms with E-state index in [2.05, 4.69) is 0 Å². The molecule has 0 atom stereocenters. The Kier molecular flexibility index (Phi) is 7.16. The normalized spacial score (nSPS) is 11.4. The molecule has 0 radical (unpaired) electrons. The Balaban J connectivity index is 2.16. The summed E-state index contributed by atoms with van der Waals surface area (Å²) < 4.78 is 47.7. The Morgan fingerprint density at radius 1 is 1.06 bits per heavy atom. The van der Waals surface area contributed by atoms with Crippen LogP contribution in [0.1, 0.15) is 41.2 Å². The fourth-order valence-corrected chi connectivity index (χ4v) is 3.51. The number of benzene rings is 2. The number of pyridine rings is 1. The van der Waals surface area contributed by atoms with E-state index in [0.717, 1.165) is 29.2 Å². The molecule has 0 saturated heterocycles. The molecule has 3 rings (SSSR count). The molecule has 0 saturated carbocycles. The predicted octanol–water partition coefficient (Wildman–Crippen LogP) is 5.69. The third kappa shape index (κ3) is 5.27. The highest BCUT2D eigenvalue weighted by Crippen LogP contribution is 2.34. The molecular weight excluding hydrogens is 417 g/mol. The molecule has 1 heterocycles. The lowest BCUT2D eigenvalue weighted by Gasteiger charge is -2.18. The molecule has 0 fully saturated rings. The highest BCUT2D eigenvalue weighted by molar-refractivity contribution is 5.63. The SMILES string of the molecule is CCCOCc1cccc(Cn2c(-c3cccc(C)c3)cc(C(F)(F)F)c(C#N)c2=O)c1. The molecule has 4 nitrogen and oxygen atoms in total. The number of hydrogen-bond acceptors (Lipinski definition) is 3. The smallest absolute Gasteiger partial charge is 0.377 e. The summed E-state index contributed by atoms with van der Waals surface area (Å²) in [5.41, 5.74) is -0.0512. The van der Waals surface area contributed by atoms with Gasteiger partial charge >= 0.3 is 6.18 Å². The average molecular weight is 440 g/mol. The van der Waals surface area contributed by atoms with Crippen molar-refractivity contribution in [3.8, 4) is 17.3 Å². The Bertz CT molecular complexity index is 1210. The molecule has 3 aromatic rings. The maximum atomic E-state index is 13.6. The van der Waals surface area contributed by atoms with Crippen molar-refractivity contribution in [1.82, 2.24) is 4.57 Å². The zero-order valence-electron chi connectivity index (χ0n) is 17.9. The number of aryl methyl sites for hydroxylation is 1. The second-order valence-electron chi connectivity index (χ2n) is 7.56. The molecule has 0 aliphatic carbocycles. The van der Waals surface area contributed by atoms with E-state index >= 15 is 0 Å². The minimum Gasteiger partial charge on any atom is -0.377 e. The second-order valence-corrected chi connectivity index (χ2v) is 7.56. The maximum Gasteiger partial charge on any atom is 0.417 e. The van der Waals surface area contributed by atoms with Gasteiger partial charge in [-0.3, -0.25) is 4.79 Å². The summed E-state index contributed by atoms with van der Waals surface area (Å²) in [5, 5.41) is 9.34. The van der Waals surface area contributed by atoms with Crippen molar-refractivity contribution in [1.29, 1.82) is 5.26 Å². The van der Waals surface area contributed by atoms with Crippen molar-refractivity contribution in [3.05, 3.63) is 92.8 Å². The van der Waals surface area contributed by atoms with E-state index in [9.17, 15) is 23.2 Å². The van der Waals surface area contributed by atoms with Crippen LogP contribution in [0.4, 0.5) is 13.2 Å². The largest absolute Gasteiger partial charge is 0.417 e. The van der Waals surface area contributed by atoms with E-state index in [1.54, 1.807) is 24.3 Å². The van der Waals surface area contributed by atoms with Crippen LogP contribution in [0.5, 0.6) is 0 Å². The van der Waals surface area contributed by atoms with E-state index in [1.165, 1.54) is 10.6 Å². The molecule has 0 N–H and O–H groups in total. The van der Waals surface area contributed by atoms with Crippen LogP contribution in [0.25, 0.3) is 11.3 Å². The zero-order chi connectivity index (χ0) is 23.3. The fourth-order valence-electron chi connectivity index (χ4n) is 3.51. The first kappa shape index (κ1) is 23.3. The summed E-state index contributed by atoms with van der Waals surface area (Å²) >= 11 is 0. The van der Waals surface area contributed by atoms with Crippen molar-refractivity contribution >= 4 is 0 Å². The molecule has 1 aromatic heterocycles. The summed E-state index contributed by atoms with van der Waals surface area (Å²) in [5.74, 6) is 0. The molecule has 32 heavy (non-hydrogen) atoms. The molecule has 0 bridgehead atoms. The second kappa shape index (κ2) is 9.84. The van der Waals surface area contributed by atoms with Gasteiger partial charge in [-0.2, -0.15) is 18.4 Å². The monoisotopic (exact) mass is 440 g/mol. The van der Waals surface area contributed by atoms with Gasteiger partial charge < -0.3 is 9.30 Å². The van der Waals surface area contributed by atoms with Crippen molar-refractivity contribution in [3.63, 3.8) is 0 Å².